The van der Waals surface area contributed by atoms with Crippen LogP contribution in [0.2, 0.25) is 10.0 Å². The first kappa shape index (κ1) is 18.7. The quantitative estimate of drug-likeness (QED) is 0.600. The molecule has 10 nitrogen and oxygen atoms in total. The number of carbonyl (C=O) groups is 1. The smallest absolute Gasteiger partial charge is 0.306 e. The molecule has 0 aliphatic heterocycles. The summed E-state index contributed by atoms with van der Waals surface area (Å²) in [6.45, 7) is 0. The van der Waals surface area contributed by atoms with E-state index in [1.165, 1.54) is 24.3 Å². The van der Waals surface area contributed by atoms with Gasteiger partial charge in [0.05, 0.1) is 15.7 Å². The minimum atomic E-state index is -4.52. The summed E-state index contributed by atoms with van der Waals surface area (Å²) in [6.07, 6.45) is 0. The highest BCUT2D eigenvalue weighted by molar-refractivity contribution is 7.89. The zero-order chi connectivity index (χ0) is 18.8. The molecule has 0 atom stereocenters. The first-order valence-corrected chi connectivity index (χ1v) is 8.53. The molecular weight excluding hydrogens is 395 g/mol. The van der Waals surface area contributed by atoms with Crippen LogP contribution < -0.4 is 21.2 Å². The molecule has 130 valence electrons. The lowest BCUT2D eigenvalue weighted by atomic mass is 10.3. The van der Waals surface area contributed by atoms with Crippen LogP contribution in [0, 0.1) is 11.3 Å². The third kappa shape index (κ3) is 4.06. The number of primary sulfonamides is 1. The Labute approximate surface area is 150 Å². The van der Waals surface area contributed by atoms with E-state index in [4.69, 9.17) is 33.6 Å². The third-order valence-corrected chi connectivity index (χ3v) is 4.53. The number of urea groups is 1. The molecule has 0 saturated heterocycles. The Morgan fingerprint density at radius 1 is 1.32 bits per heavy atom. The first-order chi connectivity index (χ1) is 11.6. The standard InChI is InChI=1S/C12H8Cl2N6O4S/c13-5-2-1-3-6(8(5)14)17-12(22)18-11-9(21)10(25(16,23)24)7(4-15)19-20-11/h1-3H,(H,19,21)(H2,16,23,24)(H2,17,18,20,22). The molecule has 0 unspecified atom stereocenters. The molecule has 0 saturated carbocycles. The maximum atomic E-state index is 12.1. The van der Waals surface area contributed by atoms with Gasteiger partial charge >= 0.3 is 6.03 Å². The predicted octanol–water partition coefficient (Wildman–Crippen LogP) is 1.24. The van der Waals surface area contributed by atoms with Crippen LogP contribution in [0.15, 0.2) is 27.9 Å². The number of anilines is 2. The Morgan fingerprint density at radius 3 is 2.60 bits per heavy atom. The summed E-state index contributed by atoms with van der Waals surface area (Å²) >= 11 is 11.7. The van der Waals surface area contributed by atoms with Crippen molar-refractivity contribution in [3.63, 3.8) is 0 Å². The third-order valence-electron chi connectivity index (χ3n) is 2.76. The topological polar surface area (TPSA) is 171 Å². The molecule has 5 N–H and O–H groups in total. The van der Waals surface area contributed by atoms with Gasteiger partial charge in [0.15, 0.2) is 10.6 Å². The van der Waals surface area contributed by atoms with Crippen LogP contribution in [-0.4, -0.2) is 24.6 Å². The number of hydrogen-bond acceptors (Lipinski definition) is 6. The second-order valence-corrected chi connectivity index (χ2v) is 6.73. The number of nitrogens with zero attached hydrogens (tertiary/aromatic N) is 2. The number of halogens is 2. The van der Waals surface area contributed by atoms with Crippen molar-refractivity contribution in [3.05, 3.63) is 44.2 Å². The minimum Gasteiger partial charge on any atom is -0.306 e. The van der Waals surface area contributed by atoms with Crippen LogP contribution in [0.4, 0.5) is 16.3 Å². The van der Waals surface area contributed by atoms with Gasteiger partial charge < -0.3 is 5.32 Å². The lowest BCUT2D eigenvalue weighted by Gasteiger charge is -2.09. The highest BCUT2D eigenvalue weighted by atomic mass is 35.5. The van der Waals surface area contributed by atoms with E-state index in [0.29, 0.717) is 0 Å². The van der Waals surface area contributed by atoms with Crippen molar-refractivity contribution in [3.8, 4) is 6.07 Å². The van der Waals surface area contributed by atoms with E-state index in [9.17, 15) is 18.0 Å². The number of aromatic amines is 1. The van der Waals surface area contributed by atoms with Crippen molar-refractivity contribution >= 4 is 50.8 Å². The summed E-state index contributed by atoms with van der Waals surface area (Å²) in [4.78, 5) is 23.1. The van der Waals surface area contributed by atoms with Crippen LogP contribution in [-0.2, 0) is 10.0 Å². The van der Waals surface area contributed by atoms with E-state index in [-0.39, 0.29) is 15.7 Å². The number of nitriles is 1. The SMILES string of the molecule is N#Cc1[nH]nc(NC(=O)Nc2cccc(Cl)c2Cl)c(=O)c1S(N)(=O)=O. The fourth-order valence-corrected chi connectivity index (χ4v) is 2.81. The molecule has 2 aromatic rings. The zero-order valence-electron chi connectivity index (χ0n) is 12.0. The van der Waals surface area contributed by atoms with Gasteiger partial charge in [0.2, 0.25) is 21.3 Å². The summed E-state index contributed by atoms with van der Waals surface area (Å²) in [7, 11) is -4.52. The molecular formula is C12H8Cl2N6O4S. The lowest BCUT2D eigenvalue weighted by molar-refractivity contribution is 0.262. The van der Waals surface area contributed by atoms with E-state index in [2.05, 4.69) is 10.4 Å². The van der Waals surface area contributed by atoms with Crippen LogP contribution >= 0.6 is 23.2 Å². The number of nitrogens with one attached hydrogen (secondary N) is 3. The number of nitrogens with two attached hydrogens (primary N) is 1. The van der Waals surface area contributed by atoms with Crippen LogP contribution in [0.1, 0.15) is 5.69 Å². The van der Waals surface area contributed by atoms with Gasteiger partial charge in [-0.05, 0) is 12.1 Å². The van der Waals surface area contributed by atoms with Gasteiger partial charge in [-0.1, -0.05) is 29.3 Å². The molecule has 2 rings (SSSR count). The summed E-state index contributed by atoms with van der Waals surface area (Å²) in [5.74, 6) is -0.682. The molecule has 1 aromatic carbocycles. The first-order valence-electron chi connectivity index (χ1n) is 6.22. The number of H-pyrrole nitrogens is 1. The minimum absolute atomic E-state index is 0.0613. The van der Waals surface area contributed by atoms with E-state index >= 15 is 0 Å². The highest BCUT2D eigenvalue weighted by Gasteiger charge is 2.23. The summed E-state index contributed by atoms with van der Waals surface area (Å²) in [5.41, 5.74) is -1.76. The molecule has 0 fully saturated rings. The normalized spacial score (nSPS) is 10.8. The number of sulfonamides is 1. The van der Waals surface area contributed by atoms with Crippen LogP contribution in [0.3, 0.4) is 0 Å². The maximum Gasteiger partial charge on any atom is 0.325 e. The molecule has 1 aromatic heterocycles. The number of hydrogen-bond donors (Lipinski definition) is 4. The Bertz CT molecular complexity index is 1060. The van der Waals surface area contributed by atoms with Crippen LogP contribution in [0.25, 0.3) is 0 Å². The molecule has 2 amide bonds. The molecule has 0 bridgehead atoms. The van der Waals surface area contributed by atoms with E-state index in [0.717, 1.165) is 0 Å². The number of rotatable bonds is 3. The fraction of sp³-hybridized carbons (Fsp3) is 0. The van der Waals surface area contributed by atoms with Gasteiger partial charge in [-0.25, -0.2) is 18.4 Å². The average molecular weight is 403 g/mol. The summed E-state index contributed by atoms with van der Waals surface area (Å²) < 4.78 is 22.9. The molecule has 13 heteroatoms. The van der Waals surface area contributed by atoms with Gasteiger partial charge in [0, 0.05) is 0 Å². The average Bonchev–Trinajstić information content (AvgIpc) is 2.52. The Morgan fingerprint density at radius 2 is 2.00 bits per heavy atom. The number of aromatic nitrogens is 2. The number of benzene rings is 1. The second kappa shape index (κ2) is 7.08. The van der Waals surface area contributed by atoms with Gasteiger partial charge in [-0.2, -0.15) is 10.4 Å². The van der Waals surface area contributed by atoms with Crippen LogP contribution in [0.5, 0.6) is 0 Å². The second-order valence-electron chi connectivity index (χ2n) is 4.44. The van der Waals surface area contributed by atoms with Gasteiger partial charge in [-0.15, -0.1) is 0 Å². The lowest BCUT2D eigenvalue weighted by Crippen LogP contribution is -2.30. The molecule has 0 radical (unpaired) electrons. The highest BCUT2D eigenvalue weighted by Crippen LogP contribution is 2.29. The van der Waals surface area contributed by atoms with Gasteiger partial charge in [0.25, 0.3) is 0 Å². The van der Waals surface area contributed by atoms with Crippen molar-refractivity contribution in [1.29, 1.82) is 5.26 Å². The zero-order valence-corrected chi connectivity index (χ0v) is 14.3. The Balaban J connectivity index is 2.35. The van der Waals surface area contributed by atoms with E-state index < -0.39 is 37.9 Å². The van der Waals surface area contributed by atoms with Gasteiger partial charge in [0.1, 0.15) is 6.07 Å². The summed E-state index contributed by atoms with van der Waals surface area (Å²) in [6, 6.07) is 4.95. The molecule has 0 aliphatic rings. The number of amides is 2. The largest absolute Gasteiger partial charge is 0.325 e. The van der Waals surface area contributed by atoms with E-state index in [1.54, 1.807) is 0 Å². The monoisotopic (exact) mass is 402 g/mol. The fourth-order valence-electron chi connectivity index (χ4n) is 1.73. The molecule has 0 aliphatic carbocycles. The van der Waals surface area contributed by atoms with Crippen molar-refractivity contribution in [1.82, 2.24) is 10.2 Å². The molecule has 1 heterocycles. The Hall–Kier alpha value is -2.65. The van der Waals surface area contributed by atoms with Gasteiger partial charge in [-0.3, -0.25) is 15.2 Å². The predicted molar refractivity (Wildman–Crippen MR) is 90.0 cm³/mol. The van der Waals surface area contributed by atoms with E-state index in [1.807, 2.05) is 10.4 Å². The van der Waals surface area contributed by atoms with Crippen molar-refractivity contribution in [2.24, 2.45) is 5.14 Å². The van der Waals surface area contributed by atoms with Crippen molar-refractivity contribution < 1.29 is 13.2 Å². The Kier molecular flexibility index (Phi) is 5.29. The maximum absolute atomic E-state index is 12.1. The molecule has 0 spiro atoms. The molecule has 25 heavy (non-hydrogen) atoms. The summed E-state index contributed by atoms with van der Waals surface area (Å²) in [5, 5.41) is 23.8. The number of carbonyl (C=O) groups excluding carboxylic acids is 1. The van der Waals surface area contributed by atoms with Crippen molar-refractivity contribution in [2.75, 3.05) is 10.6 Å². The van der Waals surface area contributed by atoms with Crippen molar-refractivity contribution in [2.45, 2.75) is 4.90 Å².